The van der Waals surface area contributed by atoms with Gasteiger partial charge in [0.25, 0.3) is 0 Å². The lowest BCUT2D eigenvalue weighted by Gasteiger charge is -2.16. The average molecular weight is 366 g/mol. The van der Waals surface area contributed by atoms with Crippen molar-refractivity contribution >= 4 is 56.5 Å². The van der Waals surface area contributed by atoms with Gasteiger partial charge in [0.1, 0.15) is 5.01 Å². The molecule has 0 unspecified atom stereocenters. The number of anilines is 1. The summed E-state index contributed by atoms with van der Waals surface area (Å²) in [4.78, 5) is 18.3. The number of halogens is 2. The highest BCUT2D eigenvalue weighted by Gasteiger charge is 2.13. The summed E-state index contributed by atoms with van der Waals surface area (Å²) in [5.74, 6) is 0. The molecule has 0 bridgehead atoms. The molecule has 0 saturated carbocycles. The van der Waals surface area contributed by atoms with Crippen molar-refractivity contribution in [3.05, 3.63) is 57.5 Å². The minimum atomic E-state index is -0.234. The number of carbonyl (C=O) groups excluding carboxylic acids is 1. The maximum atomic E-state index is 12.2. The molecule has 1 aromatic heterocycles. The number of nitrogens with one attached hydrogen (secondary N) is 1. The van der Waals surface area contributed by atoms with Crippen molar-refractivity contribution in [3.63, 3.8) is 0 Å². The Morgan fingerprint density at radius 2 is 2.00 bits per heavy atom. The summed E-state index contributed by atoms with van der Waals surface area (Å²) < 4.78 is 1.11. The molecule has 0 aliphatic carbocycles. The molecule has 0 fully saturated rings. The number of hydrogen-bond acceptors (Lipinski definition) is 3. The SMILES string of the molecule is CN(Cc1nc2ccccc2s1)C(=O)Nc1ccc(Cl)c(Cl)c1. The van der Waals surface area contributed by atoms with Crippen molar-refractivity contribution in [2.24, 2.45) is 0 Å². The lowest BCUT2D eigenvalue weighted by molar-refractivity contribution is 0.220. The molecule has 0 aliphatic rings. The molecular formula is C16H13Cl2N3OS. The van der Waals surface area contributed by atoms with Crippen molar-refractivity contribution in [1.82, 2.24) is 9.88 Å². The van der Waals surface area contributed by atoms with Crippen LogP contribution < -0.4 is 5.32 Å². The van der Waals surface area contributed by atoms with E-state index in [0.29, 0.717) is 22.3 Å². The second-order valence-corrected chi connectivity index (χ2v) is 6.92. The molecule has 1 N–H and O–H groups in total. The molecule has 4 nitrogen and oxygen atoms in total. The molecule has 118 valence electrons. The molecule has 0 spiro atoms. The Labute approximate surface area is 147 Å². The van der Waals surface area contributed by atoms with Crippen LogP contribution in [0.4, 0.5) is 10.5 Å². The first-order chi connectivity index (χ1) is 11.0. The number of urea groups is 1. The molecule has 0 radical (unpaired) electrons. The highest BCUT2D eigenvalue weighted by Crippen LogP contribution is 2.25. The number of amides is 2. The Kier molecular flexibility index (Phi) is 4.71. The van der Waals surface area contributed by atoms with E-state index < -0.39 is 0 Å². The largest absolute Gasteiger partial charge is 0.321 e. The second-order valence-electron chi connectivity index (χ2n) is 4.99. The molecule has 0 saturated heterocycles. The van der Waals surface area contributed by atoms with Gasteiger partial charge in [0.2, 0.25) is 0 Å². The van der Waals surface area contributed by atoms with E-state index in [1.54, 1.807) is 41.5 Å². The fourth-order valence-electron chi connectivity index (χ4n) is 2.06. The third kappa shape index (κ3) is 3.75. The number of hydrogen-bond donors (Lipinski definition) is 1. The molecule has 7 heteroatoms. The summed E-state index contributed by atoms with van der Waals surface area (Å²) in [6.45, 7) is 0.437. The van der Waals surface area contributed by atoms with Gasteiger partial charge >= 0.3 is 6.03 Å². The van der Waals surface area contributed by atoms with Crippen LogP contribution in [0.5, 0.6) is 0 Å². The van der Waals surface area contributed by atoms with E-state index in [0.717, 1.165) is 15.2 Å². The Morgan fingerprint density at radius 1 is 1.22 bits per heavy atom. The summed E-state index contributed by atoms with van der Waals surface area (Å²) in [6.07, 6.45) is 0. The van der Waals surface area contributed by atoms with Crippen LogP contribution in [0.3, 0.4) is 0 Å². The standard InChI is InChI=1S/C16H13Cl2N3OS/c1-21(9-15-20-13-4-2-3-5-14(13)23-15)16(22)19-10-6-7-11(17)12(18)8-10/h2-8H,9H2,1H3,(H,19,22). The number of rotatable bonds is 3. The number of carbonyl (C=O) groups is 1. The quantitative estimate of drug-likeness (QED) is 0.687. The topological polar surface area (TPSA) is 45.2 Å². The van der Waals surface area contributed by atoms with E-state index >= 15 is 0 Å². The predicted molar refractivity (Wildman–Crippen MR) is 96.6 cm³/mol. The smallest absolute Gasteiger partial charge is 0.321 e. The zero-order valence-electron chi connectivity index (χ0n) is 12.2. The maximum Gasteiger partial charge on any atom is 0.321 e. The van der Waals surface area contributed by atoms with Gasteiger partial charge in [0, 0.05) is 12.7 Å². The first kappa shape index (κ1) is 16.1. The lowest BCUT2D eigenvalue weighted by Crippen LogP contribution is -2.30. The summed E-state index contributed by atoms with van der Waals surface area (Å²) in [6, 6.07) is 12.6. The molecule has 3 rings (SSSR count). The van der Waals surface area contributed by atoms with E-state index in [1.807, 2.05) is 24.3 Å². The maximum absolute atomic E-state index is 12.2. The van der Waals surface area contributed by atoms with Crippen molar-refractivity contribution in [3.8, 4) is 0 Å². The van der Waals surface area contributed by atoms with Crippen LogP contribution in [-0.2, 0) is 6.54 Å². The van der Waals surface area contributed by atoms with Gasteiger partial charge in [-0.3, -0.25) is 0 Å². The van der Waals surface area contributed by atoms with Gasteiger partial charge < -0.3 is 10.2 Å². The first-order valence-corrected chi connectivity index (χ1v) is 8.42. The van der Waals surface area contributed by atoms with E-state index in [4.69, 9.17) is 23.2 Å². The summed E-state index contributed by atoms with van der Waals surface area (Å²) in [5.41, 5.74) is 1.55. The van der Waals surface area contributed by atoms with E-state index in [-0.39, 0.29) is 6.03 Å². The monoisotopic (exact) mass is 365 g/mol. The van der Waals surface area contributed by atoms with Crippen LogP contribution in [0.15, 0.2) is 42.5 Å². The Balaban J connectivity index is 1.68. The van der Waals surface area contributed by atoms with Crippen LogP contribution in [-0.4, -0.2) is 23.0 Å². The van der Waals surface area contributed by atoms with Gasteiger partial charge in [-0.1, -0.05) is 35.3 Å². The highest BCUT2D eigenvalue weighted by molar-refractivity contribution is 7.18. The van der Waals surface area contributed by atoms with E-state index in [9.17, 15) is 4.79 Å². The van der Waals surface area contributed by atoms with Crippen LogP contribution in [0.1, 0.15) is 5.01 Å². The predicted octanol–water partition coefficient (Wildman–Crippen LogP) is 5.27. The zero-order chi connectivity index (χ0) is 16.4. The van der Waals surface area contributed by atoms with Crippen LogP contribution >= 0.6 is 34.5 Å². The number of para-hydroxylation sites is 1. The second kappa shape index (κ2) is 6.74. The summed E-state index contributed by atoms with van der Waals surface area (Å²) >= 11 is 13.4. The number of aromatic nitrogens is 1. The lowest BCUT2D eigenvalue weighted by atomic mass is 10.3. The van der Waals surface area contributed by atoms with Crippen LogP contribution in [0.2, 0.25) is 10.0 Å². The molecule has 1 heterocycles. The van der Waals surface area contributed by atoms with Crippen LogP contribution in [0.25, 0.3) is 10.2 Å². The number of fused-ring (bicyclic) bond motifs is 1. The molecule has 2 aromatic carbocycles. The van der Waals surface area contributed by atoms with Gasteiger partial charge in [0.15, 0.2) is 0 Å². The molecule has 23 heavy (non-hydrogen) atoms. The van der Waals surface area contributed by atoms with Crippen molar-refractivity contribution in [2.45, 2.75) is 6.54 Å². The molecule has 3 aromatic rings. The Bertz CT molecular complexity index is 832. The summed E-state index contributed by atoms with van der Waals surface area (Å²) in [5, 5.41) is 4.52. The fraction of sp³-hybridized carbons (Fsp3) is 0.125. The van der Waals surface area contributed by atoms with Gasteiger partial charge in [0.05, 0.1) is 26.8 Å². The van der Waals surface area contributed by atoms with Gasteiger partial charge in [-0.15, -0.1) is 11.3 Å². The van der Waals surface area contributed by atoms with Crippen molar-refractivity contribution < 1.29 is 4.79 Å². The number of thiazole rings is 1. The number of nitrogens with zero attached hydrogens (tertiary/aromatic N) is 2. The Hall–Kier alpha value is -1.82. The third-order valence-electron chi connectivity index (χ3n) is 3.23. The van der Waals surface area contributed by atoms with E-state index in [2.05, 4.69) is 10.3 Å². The normalized spacial score (nSPS) is 10.7. The minimum Gasteiger partial charge on any atom is -0.321 e. The van der Waals surface area contributed by atoms with Crippen molar-refractivity contribution in [2.75, 3.05) is 12.4 Å². The molecule has 0 aliphatic heterocycles. The van der Waals surface area contributed by atoms with Crippen molar-refractivity contribution in [1.29, 1.82) is 0 Å². The first-order valence-electron chi connectivity index (χ1n) is 6.84. The van der Waals surface area contributed by atoms with Gasteiger partial charge in [-0.25, -0.2) is 9.78 Å². The third-order valence-corrected chi connectivity index (χ3v) is 4.99. The Morgan fingerprint density at radius 3 is 2.74 bits per heavy atom. The summed E-state index contributed by atoms with van der Waals surface area (Å²) in [7, 11) is 1.72. The molecular weight excluding hydrogens is 353 g/mol. The van der Waals surface area contributed by atoms with Crippen LogP contribution in [0, 0.1) is 0 Å². The van der Waals surface area contributed by atoms with Gasteiger partial charge in [-0.05, 0) is 30.3 Å². The van der Waals surface area contributed by atoms with Gasteiger partial charge in [-0.2, -0.15) is 0 Å². The number of benzene rings is 2. The molecule has 0 atom stereocenters. The molecule has 2 amide bonds. The van der Waals surface area contributed by atoms with E-state index in [1.165, 1.54) is 0 Å². The average Bonchev–Trinajstić information content (AvgIpc) is 2.93. The highest BCUT2D eigenvalue weighted by atomic mass is 35.5. The fourth-order valence-corrected chi connectivity index (χ4v) is 3.37. The minimum absolute atomic E-state index is 0.234. The zero-order valence-corrected chi connectivity index (χ0v) is 14.5.